The predicted molar refractivity (Wildman–Crippen MR) is 81.5 cm³/mol. The molecule has 5 heteroatoms. The monoisotopic (exact) mass is 336 g/mol. The second-order valence-corrected chi connectivity index (χ2v) is 6.16. The smallest absolute Gasteiger partial charge is 0.169 e. The molecule has 1 unspecified atom stereocenters. The number of nitrogens with one attached hydrogen (secondary N) is 1. The number of hydrogen-bond acceptors (Lipinski definition) is 4. The van der Waals surface area contributed by atoms with Crippen LogP contribution in [0.15, 0.2) is 45.5 Å². The normalized spacial score (nSPS) is 12.9. The average molecular weight is 337 g/mol. The molecule has 1 N–H and O–H groups in total. The van der Waals surface area contributed by atoms with Crippen LogP contribution in [0.3, 0.4) is 0 Å². The summed E-state index contributed by atoms with van der Waals surface area (Å²) in [6.45, 7) is 0. The Bertz CT molecular complexity index is 658. The second kappa shape index (κ2) is 5.45. The first kappa shape index (κ1) is 12.8. The predicted octanol–water partition coefficient (Wildman–Crippen LogP) is 4.16. The highest BCUT2D eigenvalue weighted by Crippen LogP contribution is 2.27. The number of para-hydroxylation sites is 1. The number of rotatable bonds is 4. The van der Waals surface area contributed by atoms with Crippen molar-refractivity contribution >= 4 is 37.5 Å². The number of nitrogens with zero attached hydrogens (tertiary/aromatic N) is 1. The van der Waals surface area contributed by atoms with Crippen molar-refractivity contribution in [3.63, 3.8) is 0 Å². The van der Waals surface area contributed by atoms with Crippen molar-refractivity contribution in [2.45, 2.75) is 12.5 Å². The Morgan fingerprint density at radius 2 is 2.16 bits per heavy atom. The van der Waals surface area contributed by atoms with E-state index in [4.69, 9.17) is 4.42 Å². The van der Waals surface area contributed by atoms with Crippen LogP contribution >= 0.6 is 27.3 Å². The zero-order valence-corrected chi connectivity index (χ0v) is 12.8. The van der Waals surface area contributed by atoms with Gasteiger partial charge >= 0.3 is 0 Å². The molecule has 0 aliphatic heterocycles. The Labute approximate surface area is 123 Å². The first-order valence-electron chi connectivity index (χ1n) is 6.03. The third kappa shape index (κ3) is 2.73. The maximum Gasteiger partial charge on any atom is 0.169 e. The molecule has 3 nitrogen and oxygen atoms in total. The molecule has 2 aromatic heterocycles. The molecule has 3 aromatic rings. The van der Waals surface area contributed by atoms with E-state index in [1.165, 1.54) is 4.70 Å². The molecule has 0 amide bonds. The molecule has 98 valence electrons. The van der Waals surface area contributed by atoms with Gasteiger partial charge in [-0.25, -0.2) is 4.98 Å². The number of aromatic nitrogens is 1. The third-order valence-electron chi connectivity index (χ3n) is 3.00. The van der Waals surface area contributed by atoms with Crippen LogP contribution in [0.1, 0.15) is 16.8 Å². The fourth-order valence-corrected chi connectivity index (χ4v) is 3.37. The van der Waals surface area contributed by atoms with Crippen molar-refractivity contribution in [2.75, 3.05) is 7.05 Å². The molecule has 19 heavy (non-hydrogen) atoms. The van der Waals surface area contributed by atoms with E-state index in [1.54, 1.807) is 11.3 Å². The lowest BCUT2D eigenvalue weighted by Gasteiger charge is -2.11. The van der Waals surface area contributed by atoms with Gasteiger partial charge in [0.15, 0.2) is 4.67 Å². The first-order valence-corrected chi connectivity index (χ1v) is 7.64. The molecular weight excluding hydrogens is 324 g/mol. The fraction of sp³-hybridized carbons (Fsp3) is 0.214. The number of likely N-dealkylation sites (N-methyl/N-ethyl adjacent to an activating group) is 1. The third-order valence-corrected chi connectivity index (χ3v) is 4.49. The highest BCUT2D eigenvalue weighted by molar-refractivity contribution is 9.10. The van der Waals surface area contributed by atoms with Crippen LogP contribution in [0.2, 0.25) is 0 Å². The Kier molecular flexibility index (Phi) is 3.68. The van der Waals surface area contributed by atoms with Gasteiger partial charge in [0.25, 0.3) is 0 Å². The molecule has 0 aliphatic rings. The van der Waals surface area contributed by atoms with Crippen molar-refractivity contribution in [2.24, 2.45) is 0 Å². The van der Waals surface area contributed by atoms with Crippen LogP contribution in [0.5, 0.6) is 0 Å². The van der Waals surface area contributed by atoms with Crippen molar-refractivity contribution in [3.05, 3.63) is 51.8 Å². The minimum atomic E-state index is 0.145. The van der Waals surface area contributed by atoms with Gasteiger partial charge in [0.2, 0.25) is 0 Å². The first-order chi connectivity index (χ1) is 9.26. The van der Waals surface area contributed by atoms with E-state index >= 15 is 0 Å². The molecule has 0 radical (unpaired) electrons. The summed E-state index contributed by atoms with van der Waals surface area (Å²) in [5.74, 6) is 0.925. The van der Waals surface area contributed by atoms with E-state index in [2.05, 4.69) is 32.3 Å². The Hall–Kier alpha value is -1.17. The van der Waals surface area contributed by atoms with Gasteiger partial charge in [-0.2, -0.15) is 0 Å². The lowest BCUT2D eigenvalue weighted by molar-refractivity contribution is 0.416. The van der Waals surface area contributed by atoms with E-state index < -0.39 is 0 Å². The lowest BCUT2D eigenvalue weighted by Crippen LogP contribution is -2.18. The standard InChI is InChI=1S/C14H13BrN2OS/c1-16-10(11-6-7-13(15)18-11)8-14-17-9-4-2-3-5-12(9)19-14/h2-7,10,16H,8H2,1H3. The SMILES string of the molecule is CNC(Cc1nc2ccccc2s1)c1ccc(Br)o1. The molecule has 2 heterocycles. The van der Waals surface area contributed by atoms with Crippen molar-refractivity contribution in [1.29, 1.82) is 0 Å². The summed E-state index contributed by atoms with van der Waals surface area (Å²) in [6, 6.07) is 12.3. The molecule has 0 fully saturated rings. The zero-order chi connectivity index (χ0) is 13.2. The summed E-state index contributed by atoms with van der Waals surface area (Å²) in [5, 5.41) is 4.40. The second-order valence-electron chi connectivity index (χ2n) is 4.26. The maximum absolute atomic E-state index is 5.61. The number of hydrogen-bond donors (Lipinski definition) is 1. The molecule has 1 aromatic carbocycles. The molecule has 0 saturated carbocycles. The lowest BCUT2D eigenvalue weighted by atomic mass is 10.1. The Balaban J connectivity index is 1.86. The summed E-state index contributed by atoms with van der Waals surface area (Å²) >= 11 is 5.07. The summed E-state index contributed by atoms with van der Waals surface area (Å²) in [5.41, 5.74) is 1.07. The minimum absolute atomic E-state index is 0.145. The van der Waals surface area contributed by atoms with E-state index in [1.807, 2.05) is 37.4 Å². The van der Waals surface area contributed by atoms with Crippen molar-refractivity contribution in [3.8, 4) is 0 Å². The molecule has 0 saturated heterocycles. The largest absolute Gasteiger partial charge is 0.453 e. The zero-order valence-electron chi connectivity index (χ0n) is 10.4. The van der Waals surface area contributed by atoms with E-state index in [0.29, 0.717) is 0 Å². The van der Waals surface area contributed by atoms with E-state index in [-0.39, 0.29) is 6.04 Å². The molecular formula is C14H13BrN2OS. The van der Waals surface area contributed by atoms with Crippen LogP contribution in [0, 0.1) is 0 Å². The van der Waals surface area contributed by atoms with Gasteiger partial charge < -0.3 is 9.73 Å². The molecule has 1 atom stereocenters. The van der Waals surface area contributed by atoms with Crippen molar-refractivity contribution < 1.29 is 4.42 Å². The summed E-state index contributed by atoms with van der Waals surface area (Å²) in [7, 11) is 1.94. The molecule has 0 aliphatic carbocycles. The van der Waals surface area contributed by atoms with Crippen LogP contribution in [-0.2, 0) is 6.42 Å². The molecule has 0 spiro atoms. The number of halogens is 1. The summed E-state index contributed by atoms with van der Waals surface area (Å²) < 4.78 is 7.60. The van der Waals surface area contributed by atoms with Gasteiger partial charge in [-0.15, -0.1) is 11.3 Å². The molecule has 3 rings (SSSR count). The van der Waals surface area contributed by atoms with Gasteiger partial charge in [0.05, 0.1) is 21.3 Å². The Morgan fingerprint density at radius 3 is 2.84 bits per heavy atom. The van der Waals surface area contributed by atoms with Gasteiger partial charge in [-0.3, -0.25) is 0 Å². The number of benzene rings is 1. The van der Waals surface area contributed by atoms with Gasteiger partial charge in [0, 0.05) is 6.42 Å². The van der Waals surface area contributed by atoms with Gasteiger partial charge in [-0.05, 0) is 47.2 Å². The highest BCUT2D eigenvalue weighted by Gasteiger charge is 2.16. The number of thiazole rings is 1. The van der Waals surface area contributed by atoms with Gasteiger partial charge in [-0.1, -0.05) is 12.1 Å². The number of furan rings is 1. The fourth-order valence-electron chi connectivity index (χ4n) is 2.04. The van der Waals surface area contributed by atoms with E-state index in [0.717, 1.165) is 27.4 Å². The Morgan fingerprint density at radius 1 is 1.32 bits per heavy atom. The van der Waals surface area contributed by atoms with E-state index in [9.17, 15) is 0 Å². The quantitative estimate of drug-likeness (QED) is 0.777. The van der Waals surface area contributed by atoms with Crippen LogP contribution in [-0.4, -0.2) is 12.0 Å². The summed E-state index contributed by atoms with van der Waals surface area (Å²) in [4.78, 5) is 4.66. The minimum Gasteiger partial charge on any atom is -0.453 e. The van der Waals surface area contributed by atoms with Crippen LogP contribution in [0.25, 0.3) is 10.2 Å². The highest BCUT2D eigenvalue weighted by atomic mass is 79.9. The van der Waals surface area contributed by atoms with Crippen LogP contribution < -0.4 is 5.32 Å². The molecule has 0 bridgehead atoms. The average Bonchev–Trinajstić information content (AvgIpc) is 3.01. The van der Waals surface area contributed by atoms with Crippen molar-refractivity contribution in [1.82, 2.24) is 10.3 Å². The topological polar surface area (TPSA) is 38.1 Å². The number of fused-ring (bicyclic) bond motifs is 1. The summed E-state index contributed by atoms with van der Waals surface area (Å²) in [6.07, 6.45) is 0.829. The van der Waals surface area contributed by atoms with Gasteiger partial charge in [0.1, 0.15) is 5.76 Å². The van der Waals surface area contributed by atoms with Crippen LogP contribution in [0.4, 0.5) is 0 Å². The maximum atomic E-state index is 5.61.